The number of aromatic nitrogens is 3. The maximum absolute atomic E-state index is 14.1. The molecule has 1 aliphatic rings. The van der Waals surface area contributed by atoms with Crippen molar-refractivity contribution < 1.29 is 28.5 Å². The van der Waals surface area contributed by atoms with Crippen LogP contribution in [-0.2, 0) is 4.74 Å². The van der Waals surface area contributed by atoms with Gasteiger partial charge in [0.15, 0.2) is 12.4 Å². The largest absolute Gasteiger partial charge is 0.394 e. The highest BCUT2D eigenvalue weighted by Gasteiger charge is 2.45. The molecule has 3 N–H and O–H groups in total. The molecule has 3 rings (SSSR count). The van der Waals surface area contributed by atoms with Crippen LogP contribution in [0.15, 0.2) is 35.4 Å². The van der Waals surface area contributed by atoms with Crippen molar-refractivity contribution in [2.75, 3.05) is 11.9 Å². The lowest BCUT2D eigenvalue weighted by Crippen LogP contribution is -2.33. The molecule has 4 atom stereocenters. The third-order valence-electron chi connectivity index (χ3n) is 3.81. The van der Waals surface area contributed by atoms with Gasteiger partial charge in [-0.1, -0.05) is 0 Å². The summed E-state index contributed by atoms with van der Waals surface area (Å²) in [6.07, 6.45) is -3.97. The summed E-state index contributed by atoms with van der Waals surface area (Å²) in [5, 5.41) is 21.0. The Hall–Kier alpha value is -2.76. The molecule has 1 fully saturated rings. The lowest BCUT2D eigenvalue weighted by Gasteiger charge is -2.16. The maximum atomic E-state index is 14.1. The first-order valence-electron chi connectivity index (χ1n) is 7.51. The fraction of sp³-hybridized carbons (Fsp3) is 0.333. The van der Waals surface area contributed by atoms with Gasteiger partial charge in [0.2, 0.25) is 5.95 Å². The first-order valence-corrected chi connectivity index (χ1v) is 7.51. The Labute approximate surface area is 144 Å². The Bertz CT molecular complexity index is 860. The quantitative estimate of drug-likeness (QED) is 0.628. The fourth-order valence-electron chi connectivity index (χ4n) is 2.45. The van der Waals surface area contributed by atoms with Crippen LogP contribution in [0.1, 0.15) is 16.6 Å². The van der Waals surface area contributed by atoms with E-state index in [0.29, 0.717) is 0 Å². The van der Waals surface area contributed by atoms with Crippen molar-refractivity contribution in [1.29, 1.82) is 0 Å². The summed E-state index contributed by atoms with van der Waals surface area (Å²) in [5.41, 5.74) is -0.882. The van der Waals surface area contributed by atoms with Gasteiger partial charge < -0.3 is 20.3 Å². The Kier molecular flexibility index (Phi) is 5.02. The standard InChI is InChI=1S/C15H14F2N4O5/c16-9-2-1-7(5-18-9)13(24)19-10-3-4-21(15(25)20-10)14-11(17)12(23)8(6-22)26-14/h1-5,8,11-12,14,22-23H,6H2,(H,19,20,24,25)/t8-,11-,12-,14+/m1/s1. The zero-order chi connectivity index (χ0) is 18.8. The first kappa shape index (κ1) is 18.0. The minimum Gasteiger partial charge on any atom is -0.394 e. The summed E-state index contributed by atoms with van der Waals surface area (Å²) in [6, 6.07) is 3.43. The molecule has 0 radical (unpaired) electrons. The van der Waals surface area contributed by atoms with Crippen molar-refractivity contribution >= 4 is 11.7 Å². The van der Waals surface area contributed by atoms with E-state index in [1.807, 2.05) is 0 Å². The van der Waals surface area contributed by atoms with Crippen LogP contribution in [0.5, 0.6) is 0 Å². The Morgan fingerprint density at radius 1 is 1.38 bits per heavy atom. The second kappa shape index (κ2) is 7.23. The van der Waals surface area contributed by atoms with Gasteiger partial charge in [0.1, 0.15) is 18.0 Å². The second-order valence-corrected chi connectivity index (χ2v) is 5.51. The van der Waals surface area contributed by atoms with E-state index in [0.717, 1.165) is 23.0 Å². The van der Waals surface area contributed by atoms with Gasteiger partial charge >= 0.3 is 5.69 Å². The smallest absolute Gasteiger partial charge is 0.351 e. The van der Waals surface area contributed by atoms with E-state index in [9.17, 15) is 23.5 Å². The molecule has 11 heteroatoms. The van der Waals surface area contributed by atoms with Crippen LogP contribution in [0.4, 0.5) is 14.6 Å². The lowest BCUT2D eigenvalue weighted by molar-refractivity contribution is -0.0490. The van der Waals surface area contributed by atoms with Crippen LogP contribution in [0.2, 0.25) is 0 Å². The summed E-state index contributed by atoms with van der Waals surface area (Å²) in [7, 11) is 0. The van der Waals surface area contributed by atoms with Gasteiger partial charge in [-0.2, -0.15) is 9.37 Å². The maximum Gasteiger partial charge on any atom is 0.351 e. The number of aliphatic hydroxyl groups excluding tert-OH is 2. The molecular formula is C15H14F2N4O5. The molecule has 2 aromatic heterocycles. The molecule has 1 amide bonds. The number of carbonyl (C=O) groups excluding carboxylic acids is 1. The van der Waals surface area contributed by atoms with E-state index < -0.39 is 48.8 Å². The zero-order valence-electron chi connectivity index (χ0n) is 13.1. The molecule has 9 nitrogen and oxygen atoms in total. The molecule has 2 aromatic rings. The molecular weight excluding hydrogens is 354 g/mol. The van der Waals surface area contributed by atoms with Gasteiger partial charge in [-0.3, -0.25) is 9.36 Å². The molecule has 0 saturated carbocycles. The normalized spacial score (nSPS) is 25.2. The van der Waals surface area contributed by atoms with Gasteiger partial charge in [-0.25, -0.2) is 14.2 Å². The summed E-state index contributed by atoms with van der Waals surface area (Å²) < 4.78 is 32.8. The van der Waals surface area contributed by atoms with Gasteiger partial charge in [0.05, 0.1) is 12.2 Å². The van der Waals surface area contributed by atoms with E-state index in [-0.39, 0.29) is 11.4 Å². The van der Waals surface area contributed by atoms with Crippen molar-refractivity contribution in [1.82, 2.24) is 14.5 Å². The number of nitrogens with zero attached hydrogens (tertiary/aromatic N) is 3. The first-order chi connectivity index (χ1) is 12.4. The fourth-order valence-corrected chi connectivity index (χ4v) is 2.45. The molecule has 1 saturated heterocycles. The van der Waals surface area contributed by atoms with E-state index in [1.165, 1.54) is 12.1 Å². The summed E-state index contributed by atoms with van der Waals surface area (Å²) in [4.78, 5) is 31.0. The molecule has 0 aromatic carbocycles. The van der Waals surface area contributed by atoms with E-state index in [4.69, 9.17) is 9.84 Å². The number of hydrogen-bond acceptors (Lipinski definition) is 7. The van der Waals surface area contributed by atoms with E-state index >= 15 is 0 Å². The van der Waals surface area contributed by atoms with Crippen LogP contribution in [0.25, 0.3) is 0 Å². The van der Waals surface area contributed by atoms with Crippen molar-refractivity contribution in [2.45, 2.75) is 24.6 Å². The van der Waals surface area contributed by atoms with Crippen molar-refractivity contribution in [3.63, 3.8) is 0 Å². The molecule has 138 valence electrons. The zero-order valence-corrected chi connectivity index (χ0v) is 13.1. The summed E-state index contributed by atoms with van der Waals surface area (Å²) in [6.45, 7) is -0.611. The number of anilines is 1. The Balaban J connectivity index is 1.77. The minimum atomic E-state index is -1.93. The number of aliphatic hydroxyl groups is 2. The topological polar surface area (TPSA) is 127 Å². The van der Waals surface area contributed by atoms with E-state index in [1.54, 1.807) is 0 Å². The lowest BCUT2D eigenvalue weighted by atomic mass is 10.1. The highest BCUT2D eigenvalue weighted by molar-refractivity contribution is 6.03. The number of hydrogen-bond donors (Lipinski definition) is 3. The number of pyridine rings is 1. The van der Waals surface area contributed by atoms with Gasteiger partial charge in [0.25, 0.3) is 5.91 Å². The van der Waals surface area contributed by atoms with Crippen LogP contribution in [0, 0.1) is 5.95 Å². The second-order valence-electron chi connectivity index (χ2n) is 5.51. The average Bonchev–Trinajstić information content (AvgIpc) is 2.90. The minimum absolute atomic E-state index is 0.0502. The number of amides is 1. The Morgan fingerprint density at radius 2 is 2.15 bits per heavy atom. The molecule has 1 aliphatic heterocycles. The van der Waals surface area contributed by atoms with Crippen LogP contribution in [0.3, 0.4) is 0 Å². The highest BCUT2D eigenvalue weighted by Crippen LogP contribution is 2.30. The number of rotatable bonds is 4. The summed E-state index contributed by atoms with van der Waals surface area (Å²) >= 11 is 0. The molecule has 0 spiro atoms. The number of nitrogens with one attached hydrogen (secondary N) is 1. The van der Waals surface area contributed by atoms with Crippen molar-refractivity contribution in [3.05, 3.63) is 52.6 Å². The molecule has 26 heavy (non-hydrogen) atoms. The predicted molar refractivity (Wildman–Crippen MR) is 82.5 cm³/mol. The van der Waals surface area contributed by atoms with Crippen molar-refractivity contribution in [3.8, 4) is 0 Å². The third kappa shape index (κ3) is 3.45. The average molecular weight is 368 g/mol. The molecule has 0 bridgehead atoms. The van der Waals surface area contributed by atoms with Crippen LogP contribution >= 0.6 is 0 Å². The van der Waals surface area contributed by atoms with Gasteiger partial charge in [-0.15, -0.1) is 0 Å². The van der Waals surface area contributed by atoms with Gasteiger partial charge in [0, 0.05) is 12.4 Å². The van der Waals surface area contributed by atoms with Gasteiger partial charge in [-0.05, 0) is 18.2 Å². The van der Waals surface area contributed by atoms with E-state index in [2.05, 4.69) is 15.3 Å². The van der Waals surface area contributed by atoms with Crippen LogP contribution in [-0.4, -0.2) is 55.6 Å². The third-order valence-corrected chi connectivity index (χ3v) is 3.81. The van der Waals surface area contributed by atoms with Crippen molar-refractivity contribution in [2.24, 2.45) is 0 Å². The number of carbonyl (C=O) groups is 1. The number of alkyl halides is 1. The SMILES string of the molecule is O=C(Nc1ccn([C@H]2O[C@H](CO)[C@@H](O)[C@H]2F)c(=O)n1)c1ccc(F)nc1. The Morgan fingerprint density at radius 3 is 2.73 bits per heavy atom. The number of halogens is 2. The predicted octanol–water partition coefficient (Wildman–Crippen LogP) is -0.382. The summed E-state index contributed by atoms with van der Waals surface area (Å²) in [5.74, 6) is -1.53. The monoisotopic (exact) mass is 368 g/mol. The molecule has 0 unspecified atom stereocenters. The molecule has 0 aliphatic carbocycles. The number of ether oxygens (including phenoxy) is 1. The molecule has 3 heterocycles. The highest BCUT2D eigenvalue weighted by atomic mass is 19.1. The van der Waals surface area contributed by atoms with Crippen LogP contribution < -0.4 is 11.0 Å².